The van der Waals surface area contributed by atoms with Crippen LogP contribution in [0.15, 0.2) is 49.1 Å². The first-order valence-electron chi connectivity index (χ1n) is 8.61. The van der Waals surface area contributed by atoms with Crippen LogP contribution < -0.4 is 0 Å². The molecule has 4 heteroatoms. The molecule has 1 aromatic carbocycles. The first-order valence-corrected chi connectivity index (χ1v) is 8.61. The zero-order valence-corrected chi connectivity index (χ0v) is 13.6. The average molecular weight is 311 g/mol. The summed E-state index contributed by atoms with van der Waals surface area (Å²) in [7, 11) is 0. The fourth-order valence-corrected chi connectivity index (χ4v) is 3.41. The van der Waals surface area contributed by atoms with Gasteiger partial charge in [0.15, 0.2) is 5.78 Å². The van der Waals surface area contributed by atoms with E-state index in [0.29, 0.717) is 12.5 Å². The standard InChI is InChI=1S/C19H25N3O/c23-19(17-6-2-1-3-7-17)10-14-22-12-5-4-8-18(22)9-13-21-15-11-20-16-21/h1-3,6-7,11,15-16,18H,4-5,8-10,12-14H2. The summed E-state index contributed by atoms with van der Waals surface area (Å²) in [4.78, 5) is 18.9. The number of aromatic nitrogens is 2. The van der Waals surface area contributed by atoms with Gasteiger partial charge in [-0.15, -0.1) is 0 Å². The second kappa shape index (κ2) is 8.06. The number of rotatable bonds is 7. The Morgan fingerprint density at radius 1 is 1.17 bits per heavy atom. The zero-order valence-electron chi connectivity index (χ0n) is 13.6. The largest absolute Gasteiger partial charge is 0.337 e. The number of ketones is 1. The van der Waals surface area contributed by atoms with Crippen molar-refractivity contribution in [2.45, 2.75) is 44.7 Å². The highest BCUT2D eigenvalue weighted by molar-refractivity contribution is 5.96. The third kappa shape index (κ3) is 4.52. The van der Waals surface area contributed by atoms with Gasteiger partial charge >= 0.3 is 0 Å². The van der Waals surface area contributed by atoms with Gasteiger partial charge in [0.2, 0.25) is 0 Å². The first-order chi connectivity index (χ1) is 11.3. The third-order valence-electron chi connectivity index (χ3n) is 4.75. The Morgan fingerprint density at radius 2 is 2.04 bits per heavy atom. The van der Waals surface area contributed by atoms with Crippen LogP contribution in [-0.2, 0) is 6.54 Å². The van der Waals surface area contributed by atoms with E-state index in [2.05, 4.69) is 14.5 Å². The van der Waals surface area contributed by atoms with Gasteiger partial charge in [-0.05, 0) is 25.8 Å². The minimum absolute atomic E-state index is 0.254. The topological polar surface area (TPSA) is 38.1 Å². The van der Waals surface area contributed by atoms with E-state index in [0.717, 1.165) is 31.6 Å². The first kappa shape index (κ1) is 15.9. The van der Waals surface area contributed by atoms with Crippen LogP contribution in [0.5, 0.6) is 0 Å². The lowest BCUT2D eigenvalue weighted by atomic mass is 9.98. The summed E-state index contributed by atoms with van der Waals surface area (Å²) in [6, 6.07) is 10.2. The number of hydrogen-bond donors (Lipinski definition) is 0. The van der Waals surface area contributed by atoms with Crippen LogP contribution in [0.2, 0.25) is 0 Å². The molecule has 0 amide bonds. The number of carbonyl (C=O) groups is 1. The zero-order chi connectivity index (χ0) is 15.9. The lowest BCUT2D eigenvalue weighted by Gasteiger charge is -2.35. The SMILES string of the molecule is O=C(CCN1CCCCC1CCn1ccnc1)c1ccccc1. The molecule has 1 aromatic heterocycles. The second-order valence-electron chi connectivity index (χ2n) is 6.31. The molecule has 0 bridgehead atoms. The highest BCUT2D eigenvalue weighted by atomic mass is 16.1. The van der Waals surface area contributed by atoms with Gasteiger partial charge in [-0.3, -0.25) is 9.69 Å². The fourth-order valence-electron chi connectivity index (χ4n) is 3.41. The summed E-state index contributed by atoms with van der Waals surface area (Å²) in [5, 5.41) is 0. The summed E-state index contributed by atoms with van der Waals surface area (Å²) in [6.07, 6.45) is 11.3. The number of Topliss-reactive ketones (excluding diaryl/α,β-unsaturated/α-hetero) is 1. The molecule has 1 unspecified atom stereocenters. The molecule has 1 fully saturated rings. The van der Waals surface area contributed by atoms with E-state index in [1.165, 1.54) is 19.3 Å². The molecule has 4 nitrogen and oxygen atoms in total. The molecule has 2 heterocycles. The number of benzene rings is 1. The summed E-state index contributed by atoms with van der Waals surface area (Å²) >= 11 is 0. The van der Waals surface area contributed by atoms with Gasteiger partial charge in [-0.1, -0.05) is 36.8 Å². The molecule has 2 aromatic rings. The Kier molecular flexibility index (Phi) is 5.59. The highest BCUT2D eigenvalue weighted by Gasteiger charge is 2.22. The van der Waals surface area contributed by atoms with Crippen LogP contribution in [0.1, 0.15) is 42.5 Å². The van der Waals surface area contributed by atoms with E-state index < -0.39 is 0 Å². The van der Waals surface area contributed by atoms with Crippen molar-refractivity contribution < 1.29 is 4.79 Å². The Balaban J connectivity index is 1.51. The number of aryl methyl sites for hydroxylation is 1. The molecule has 0 spiro atoms. The van der Waals surface area contributed by atoms with Gasteiger partial charge in [0.1, 0.15) is 0 Å². The van der Waals surface area contributed by atoms with Crippen LogP contribution >= 0.6 is 0 Å². The van der Waals surface area contributed by atoms with Crippen molar-refractivity contribution in [2.75, 3.05) is 13.1 Å². The smallest absolute Gasteiger partial charge is 0.164 e. The lowest BCUT2D eigenvalue weighted by molar-refractivity contribution is 0.0915. The Hall–Kier alpha value is -1.94. The quantitative estimate of drug-likeness (QED) is 0.736. The van der Waals surface area contributed by atoms with Crippen molar-refractivity contribution in [3.63, 3.8) is 0 Å². The molecule has 23 heavy (non-hydrogen) atoms. The van der Waals surface area contributed by atoms with Crippen molar-refractivity contribution in [2.24, 2.45) is 0 Å². The maximum absolute atomic E-state index is 12.3. The van der Waals surface area contributed by atoms with Crippen molar-refractivity contribution >= 4 is 5.78 Å². The molecule has 0 radical (unpaired) electrons. The van der Waals surface area contributed by atoms with Gasteiger partial charge in [-0.25, -0.2) is 4.98 Å². The van der Waals surface area contributed by atoms with E-state index in [1.807, 2.05) is 49.1 Å². The van der Waals surface area contributed by atoms with Crippen LogP contribution in [0.25, 0.3) is 0 Å². The third-order valence-corrected chi connectivity index (χ3v) is 4.75. The maximum atomic E-state index is 12.3. The molecular formula is C19H25N3O. The fraction of sp³-hybridized carbons (Fsp3) is 0.474. The van der Waals surface area contributed by atoms with Gasteiger partial charge in [-0.2, -0.15) is 0 Å². The molecule has 1 saturated heterocycles. The number of likely N-dealkylation sites (tertiary alicyclic amines) is 1. The predicted molar refractivity (Wildman–Crippen MR) is 91.4 cm³/mol. The second-order valence-corrected chi connectivity index (χ2v) is 6.31. The van der Waals surface area contributed by atoms with Gasteiger partial charge in [0.05, 0.1) is 6.33 Å². The number of carbonyl (C=O) groups excluding carboxylic acids is 1. The van der Waals surface area contributed by atoms with Crippen molar-refractivity contribution in [3.8, 4) is 0 Å². The Morgan fingerprint density at radius 3 is 2.83 bits per heavy atom. The van der Waals surface area contributed by atoms with E-state index in [-0.39, 0.29) is 5.78 Å². The summed E-state index contributed by atoms with van der Waals surface area (Å²) in [6.45, 7) is 3.01. The van der Waals surface area contributed by atoms with Gasteiger partial charge < -0.3 is 4.57 Å². The van der Waals surface area contributed by atoms with E-state index >= 15 is 0 Å². The molecule has 1 aliphatic heterocycles. The summed E-state index contributed by atoms with van der Waals surface area (Å²) in [5.74, 6) is 0.254. The molecule has 0 N–H and O–H groups in total. The Bertz CT molecular complexity index is 594. The summed E-state index contributed by atoms with van der Waals surface area (Å²) in [5.41, 5.74) is 0.833. The molecular weight excluding hydrogens is 286 g/mol. The summed E-state index contributed by atoms with van der Waals surface area (Å²) < 4.78 is 2.14. The van der Waals surface area contributed by atoms with E-state index in [4.69, 9.17) is 0 Å². The van der Waals surface area contributed by atoms with E-state index in [9.17, 15) is 4.79 Å². The van der Waals surface area contributed by atoms with Crippen LogP contribution in [0, 0.1) is 0 Å². The van der Waals surface area contributed by atoms with Crippen molar-refractivity contribution in [1.29, 1.82) is 0 Å². The highest BCUT2D eigenvalue weighted by Crippen LogP contribution is 2.21. The monoisotopic (exact) mass is 311 g/mol. The molecule has 1 aliphatic rings. The predicted octanol–water partition coefficient (Wildman–Crippen LogP) is 3.40. The van der Waals surface area contributed by atoms with Gasteiger partial charge in [0, 0.05) is 43.5 Å². The van der Waals surface area contributed by atoms with Crippen LogP contribution in [0.3, 0.4) is 0 Å². The van der Waals surface area contributed by atoms with E-state index in [1.54, 1.807) is 0 Å². The van der Waals surface area contributed by atoms with Crippen LogP contribution in [0.4, 0.5) is 0 Å². The molecule has 0 aliphatic carbocycles. The van der Waals surface area contributed by atoms with Gasteiger partial charge in [0.25, 0.3) is 0 Å². The van der Waals surface area contributed by atoms with Crippen LogP contribution in [-0.4, -0.2) is 39.4 Å². The molecule has 3 rings (SSSR count). The molecule has 1 atom stereocenters. The average Bonchev–Trinajstić information content (AvgIpc) is 3.13. The lowest BCUT2D eigenvalue weighted by Crippen LogP contribution is -2.41. The number of piperidine rings is 1. The number of nitrogens with zero attached hydrogens (tertiary/aromatic N) is 3. The van der Waals surface area contributed by atoms with Crippen molar-refractivity contribution in [1.82, 2.24) is 14.5 Å². The normalized spacial score (nSPS) is 18.9. The molecule has 0 saturated carbocycles. The number of imidazole rings is 1. The maximum Gasteiger partial charge on any atom is 0.164 e. The number of hydrogen-bond acceptors (Lipinski definition) is 3. The minimum Gasteiger partial charge on any atom is -0.337 e. The minimum atomic E-state index is 0.254. The van der Waals surface area contributed by atoms with Crippen molar-refractivity contribution in [3.05, 3.63) is 54.6 Å². The Labute approximate surface area is 138 Å². The molecule has 122 valence electrons.